The smallest absolute Gasteiger partial charge is 0.175 e. The molecule has 0 aromatic heterocycles. The fourth-order valence-corrected chi connectivity index (χ4v) is 3.31. The Morgan fingerprint density at radius 1 is 1.20 bits per heavy atom. The summed E-state index contributed by atoms with van der Waals surface area (Å²) < 4.78 is 22.8. The highest BCUT2D eigenvalue weighted by Crippen LogP contribution is 2.16. The van der Waals surface area contributed by atoms with Crippen molar-refractivity contribution in [2.75, 3.05) is 25.9 Å². The summed E-state index contributed by atoms with van der Waals surface area (Å²) in [5.74, 6) is 0. The molecule has 0 unspecified atom stereocenters. The van der Waals surface area contributed by atoms with Gasteiger partial charge in [0.05, 0.1) is 4.90 Å². The molecule has 112 valence electrons. The van der Waals surface area contributed by atoms with Crippen molar-refractivity contribution in [1.82, 2.24) is 10.2 Å². The van der Waals surface area contributed by atoms with Gasteiger partial charge in [-0.15, -0.1) is 0 Å². The molecule has 1 fully saturated rings. The van der Waals surface area contributed by atoms with Gasteiger partial charge in [0.25, 0.3) is 0 Å². The minimum absolute atomic E-state index is 0.395. The van der Waals surface area contributed by atoms with Crippen molar-refractivity contribution in [3.8, 4) is 0 Å². The van der Waals surface area contributed by atoms with Gasteiger partial charge >= 0.3 is 0 Å². The molecule has 0 aliphatic carbocycles. The van der Waals surface area contributed by atoms with E-state index in [2.05, 4.69) is 17.1 Å². The molecule has 0 amide bonds. The maximum Gasteiger partial charge on any atom is 0.175 e. The van der Waals surface area contributed by atoms with Crippen molar-refractivity contribution in [3.63, 3.8) is 0 Å². The van der Waals surface area contributed by atoms with E-state index in [9.17, 15) is 8.42 Å². The van der Waals surface area contributed by atoms with Crippen molar-refractivity contribution in [1.29, 1.82) is 0 Å². The fourth-order valence-electron chi connectivity index (χ4n) is 2.68. The first-order valence-electron chi connectivity index (χ1n) is 7.24. The number of likely N-dealkylation sites (tertiary alicyclic amines) is 1. The molecule has 0 atom stereocenters. The Morgan fingerprint density at radius 3 is 2.30 bits per heavy atom. The lowest BCUT2D eigenvalue weighted by Crippen LogP contribution is -2.42. The standard InChI is InChI=1S/C15H24N2O2S/c1-3-16-14-8-10-17(11-9-14)12-13-4-6-15(7-5-13)20(2,18)19/h4-7,14,16H,3,8-12H2,1-2H3. The third-order valence-electron chi connectivity index (χ3n) is 3.84. The summed E-state index contributed by atoms with van der Waals surface area (Å²) in [6.45, 7) is 6.30. The van der Waals surface area contributed by atoms with Crippen LogP contribution in [0.15, 0.2) is 29.2 Å². The van der Waals surface area contributed by atoms with E-state index in [1.54, 1.807) is 12.1 Å². The third kappa shape index (κ3) is 4.30. The molecule has 2 rings (SSSR count). The largest absolute Gasteiger partial charge is 0.314 e. The van der Waals surface area contributed by atoms with Crippen LogP contribution in [0.3, 0.4) is 0 Å². The molecule has 0 bridgehead atoms. The van der Waals surface area contributed by atoms with E-state index in [1.165, 1.54) is 24.7 Å². The molecular formula is C15H24N2O2S. The molecule has 1 aliphatic heterocycles. The van der Waals surface area contributed by atoms with Gasteiger partial charge in [-0.1, -0.05) is 19.1 Å². The van der Waals surface area contributed by atoms with Crippen LogP contribution in [0.2, 0.25) is 0 Å². The first-order valence-corrected chi connectivity index (χ1v) is 9.13. The molecule has 0 radical (unpaired) electrons. The quantitative estimate of drug-likeness (QED) is 0.898. The molecule has 1 aromatic carbocycles. The second kappa shape index (κ2) is 6.70. The molecule has 20 heavy (non-hydrogen) atoms. The van der Waals surface area contributed by atoms with Crippen molar-refractivity contribution in [2.24, 2.45) is 0 Å². The van der Waals surface area contributed by atoms with Gasteiger partial charge in [-0.05, 0) is 50.2 Å². The first kappa shape index (κ1) is 15.5. The number of sulfone groups is 1. The number of rotatable bonds is 5. The molecule has 1 heterocycles. The Bertz CT molecular complexity index is 517. The molecule has 1 N–H and O–H groups in total. The summed E-state index contributed by atoms with van der Waals surface area (Å²) in [4.78, 5) is 2.83. The summed E-state index contributed by atoms with van der Waals surface area (Å²) in [5, 5.41) is 3.50. The number of nitrogens with one attached hydrogen (secondary N) is 1. The lowest BCUT2D eigenvalue weighted by atomic mass is 10.0. The molecule has 0 spiro atoms. The van der Waals surface area contributed by atoms with Crippen molar-refractivity contribution >= 4 is 9.84 Å². The van der Waals surface area contributed by atoms with Crippen LogP contribution in [-0.2, 0) is 16.4 Å². The van der Waals surface area contributed by atoms with Crippen LogP contribution in [0.5, 0.6) is 0 Å². The van der Waals surface area contributed by atoms with E-state index in [1.807, 2.05) is 12.1 Å². The lowest BCUT2D eigenvalue weighted by molar-refractivity contribution is 0.192. The highest BCUT2D eigenvalue weighted by molar-refractivity contribution is 7.90. The van der Waals surface area contributed by atoms with Gasteiger partial charge in [0.2, 0.25) is 0 Å². The Kier molecular flexibility index (Phi) is 5.18. The van der Waals surface area contributed by atoms with E-state index in [0.29, 0.717) is 10.9 Å². The number of hydrogen-bond acceptors (Lipinski definition) is 4. The van der Waals surface area contributed by atoms with Gasteiger partial charge in [-0.25, -0.2) is 8.42 Å². The van der Waals surface area contributed by atoms with Crippen LogP contribution in [0.1, 0.15) is 25.3 Å². The second-order valence-electron chi connectivity index (χ2n) is 5.52. The van der Waals surface area contributed by atoms with Gasteiger partial charge < -0.3 is 5.32 Å². The summed E-state index contributed by atoms with van der Waals surface area (Å²) >= 11 is 0. The third-order valence-corrected chi connectivity index (χ3v) is 4.97. The van der Waals surface area contributed by atoms with Crippen LogP contribution in [-0.4, -0.2) is 45.2 Å². The maximum absolute atomic E-state index is 11.4. The number of benzene rings is 1. The Labute approximate surface area is 122 Å². The van der Waals surface area contributed by atoms with E-state index >= 15 is 0 Å². The molecule has 0 saturated carbocycles. The minimum Gasteiger partial charge on any atom is -0.314 e. The van der Waals surface area contributed by atoms with Crippen molar-refractivity contribution in [2.45, 2.75) is 37.2 Å². The van der Waals surface area contributed by atoms with Gasteiger partial charge in [-0.2, -0.15) is 0 Å². The van der Waals surface area contributed by atoms with Crippen LogP contribution < -0.4 is 5.32 Å². The molecule has 1 saturated heterocycles. The topological polar surface area (TPSA) is 49.4 Å². The van der Waals surface area contributed by atoms with Crippen LogP contribution in [0.25, 0.3) is 0 Å². The number of hydrogen-bond donors (Lipinski definition) is 1. The summed E-state index contributed by atoms with van der Waals surface area (Å²) in [5.41, 5.74) is 1.18. The number of nitrogens with zero attached hydrogens (tertiary/aromatic N) is 1. The maximum atomic E-state index is 11.4. The Hall–Kier alpha value is -0.910. The van der Waals surface area contributed by atoms with Crippen LogP contribution >= 0.6 is 0 Å². The predicted octanol–water partition coefficient (Wildman–Crippen LogP) is 1.66. The zero-order valence-electron chi connectivity index (χ0n) is 12.3. The molecular weight excluding hydrogens is 272 g/mol. The molecule has 1 aliphatic rings. The van der Waals surface area contributed by atoms with Crippen molar-refractivity contribution < 1.29 is 8.42 Å². The second-order valence-corrected chi connectivity index (χ2v) is 7.54. The molecule has 5 heteroatoms. The van der Waals surface area contributed by atoms with Crippen molar-refractivity contribution in [3.05, 3.63) is 29.8 Å². The average molecular weight is 296 g/mol. The van der Waals surface area contributed by atoms with Crippen LogP contribution in [0.4, 0.5) is 0 Å². The highest BCUT2D eigenvalue weighted by Gasteiger charge is 2.18. The van der Waals surface area contributed by atoms with Gasteiger partial charge in [0.15, 0.2) is 9.84 Å². The monoisotopic (exact) mass is 296 g/mol. The Morgan fingerprint density at radius 2 is 1.80 bits per heavy atom. The van der Waals surface area contributed by atoms with E-state index in [0.717, 1.165) is 26.2 Å². The first-order chi connectivity index (χ1) is 9.49. The van der Waals surface area contributed by atoms with E-state index in [4.69, 9.17) is 0 Å². The lowest BCUT2D eigenvalue weighted by Gasteiger charge is -2.32. The minimum atomic E-state index is -3.09. The normalized spacial score (nSPS) is 18.3. The highest BCUT2D eigenvalue weighted by atomic mass is 32.2. The Balaban J connectivity index is 1.89. The molecule has 1 aromatic rings. The zero-order chi connectivity index (χ0) is 14.6. The molecule has 4 nitrogen and oxygen atoms in total. The SMILES string of the molecule is CCNC1CCN(Cc2ccc(S(C)(=O)=O)cc2)CC1. The van der Waals surface area contributed by atoms with E-state index < -0.39 is 9.84 Å². The van der Waals surface area contributed by atoms with Gasteiger partial charge in [0.1, 0.15) is 0 Å². The average Bonchev–Trinajstić information content (AvgIpc) is 2.41. The summed E-state index contributed by atoms with van der Waals surface area (Å²) in [7, 11) is -3.09. The summed E-state index contributed by atoms with van der Waals surface area (Å²) in [6.07, 6.45) is 3.62. The predicted molar refractivity (Wildman–Crippen MR) is 81.5 cm³/mol. The van der Waals surface area contributed by atoms with E-state index in [-0.39, 0.29) is 0 Å². The fraction of sp³-hybridized carbons (Fsp3) is 0.600. The van der Waals surface area contributed by atoms with Gasteiger partial charge in [0, 0.05) is 18.8 Å². The van der Waals surface area contributed by atoms with Crippen LogP contribution in [0, 0.1) is 0 Å². The summed E-state index contributed by atoms with van der Waals surface area (Å²) in [6, 6.07) is 7.91. The number of piperidine rings is 1. The zero-order valence-corrected chi connectivity index (χ0v) is 13.1. The van der Waals surface area contributed by atoms with Gasteiger partial charge in [-0.3, -0.25) is 4.90 Å².